The number of rotatable bonds is 9. The second-order valence-corrected chi connectivity index (χ2v) is 4.67. The number of ether oxygens (including phenoxy) is 1. The Morgan fingerprint density at radius 2 is 1.95 bits per heavy atom. The monoisotopic (exact) mass is 288 g/mol. The van der Waals surface area contributed by atoms with Gasteiger partial charge in [0.05, 0.1) is 0 Å². The smallest absolute Gasteiger partial charge is 0.387 e. The van der Waals surface area contributed by atoms with E-state index in [2.05, 4.69) is 10.1 Å². The van der Waals surface area contributed by atoms with Gasteiger partial charge in [-0.15, -0.1) is 0 Å². The van der Waals surface area contributed by atoms with Gasteiger partial charge in [0.15, 0.2) is 0 Å². The van der Waals surface area contributed by atoms with Crippen molar-refractivity contribution in [1.82, 2.24) is 5.32 Å². The third-order valence-electron chi connectivity index (χ3n) is 3.02. The average Bonchev–Trinajstić information content (AvgIpc) is 2.43. The van der Waals surface area contributed by atoms with Crippen LogP contribution in [0.1, 0.15) is 31.4 Å². The molecule has 0 bridgehead atoms. The van der Waals surface area contributed by atoms with Crippen molar-refractivity contribution in [3.63, 3.8) is 0 Å². The van der Waals surface area contributed by atoms with Crippen LogP contribution in [0.5, 0.6) is 5.75 Å². The second-order valence-electron chi connectivity index (χ2n) is 4.67. The van der Waals surface area contributed by atoms with E-state index in [0.717, 1.165) is 18.4 Å². The number of halogens is 2. The van der Waals surface area contributed by atoms with Crippen molar-refractivity contribution in [2.45, 2.75) is 38.5 Å². The van der Waals surface area contributed by atoms with Crippen molar-refractivity contribution in [3.8, 4) is 5.75 Å². The highest BCUT2D eigenvalue weighted by Crippen LogP contribution is 2.19. The lowest BCUT2D eigenvalue weighted by Gasteiger charge is -2.22. The minimum atomic E-state index is -2.82. The van der Waals surface area contributed by atoms with Crippen LogP contribution in [0.3, 0.4) is 0 Å². The maximum Gasteiger partial charge on any atom is 0.387 e. The first kappa shape index (κ1) is 16.8. The Balaban J connectivity index is 2.60. The lowest BCUT2D eigenvalue weighted by Crippen LogP contribution is -2.35. The molecule has 0 radical (unpaired) electrons. The Kier molecular flexibility index (Phi) is 7.43. The lowest BCUT2D eigenvalue weighted by atomic mass is 10.0. The molecule has 0 fully saturated rings. The molecule has 0 spiro atoms. The maximum absolute atomic E-state index is 12.1. The number of hydrogen-bond donors (Lipinski definition) is 3. The summed E-state index contributed by atoms with van der Waals surface area (Å²) in [5, 5.41) is 12.2. The first-order valence-corrected chi connectivity index (χ1v) is 6.68. The van der Waals surface area contributed by atoms with Crippen molar-refractivity contribution < 1.29 is 18.6 Å². The third-order valence-corrected chi connectivity index (χ3v) is 3.02. The highest BCUT2D eigenvalue weighted by atomic mass is 19.3. The number of aliphatic hydroxyl groups excluding tert-OH is 1. The van der Waals surface area contributed by atoms with E-state index < -0.39 is 6.61 Å². The summed E-state index contributed by atoms with van der Waals surface area (Å²) >= 11 is 0. The molecule has 1 rings (SSSR count). The minimum Gasteiger partial charge on any atom is -0.435 e. The Labute approximate surface area is 117 Å². The molecule has 114 valence electrons. The molecule has 0 aromatic heterocycles. The molecule has 2 atom stereocenters. The molecule has 0 aliphatic heterocycles. The van der Waals surface area contributed by atoms with Gasteiger partial charge in [0.2, 0.25) is 0 Å². The molecule has 6 heteroatoms. The van der Waals surface area contributed by atoms with Crippen LogP contribution in [0.2, 0.25) is 0 Å². The summed E-state index contributed by atoms with van der Waals surface area (Å²) in [6.07, 6.45) is 1.58. The quantitative estimate of drug-likeness (QED) is 0.650. The summed E-state index contributed by atoms with van der Waals surface area (Å²) < 4.78 is 28.4. The SMILES string of the molecule is CC(CCCO)NC(CN)c1ccc(OC(F)F)cc1. The van der Waals surface area contributed by atoms with E-state index in [-0.39, 0.29) is 24.4 Å². The molecular formula is C14H22F2N2O2. The number of nitrogens with one attached hydrogen (secondary N) is 1. The van der Waals surface area contributed by atoms with Gasteiger partial charge in [-0.1, -0.05) is 12.1 Å². The number of alkyl halides is 2. The zero-order chi connectivity index (χ0) is 15.0. The van der Waals surface area contributed by atoms with Crippen LogP contribution in [0.4, 0.5) is 8.78 Å². The number of hydrogen-bond acceptors (Lipinski definition) is 4. The van der Waals surface area contributed by atoms with Crippen LogP contribution in [0, 0.1) is 0 Å². The Morgan fingerprint density at radius 3 is 2.45 bits per heavy atom. The number of benzene rings is 1. The Hall–Kier alpha value is -1.24. The van der Waals surface area contributed by atoms with Crippen LogP contribution in [-0.2, 0) is 0 Å². The fourth-order valence-corrected chi connectivity index (χ4v) is 2.01. The van der Waals surface area contributed by atoms with Crippen molar-refractivity contribution in [2.24, 2.45) is 5.73 Å². The van der Waals surface area contributed by atoms with Crippen LogP contribution < -0.4 is 15.8 Å². The number of nitrogens with two attached hydrogens (primary N) is 1. The van der Waals surface area contributed by atoms with Crippen LogP contribution in [-0.4, -0.2) is 30.9 Å². The van der Waals surface area contributed by atoms with Crippen molar-refractivity contribution in [1.29, 1.82) is 0 Å². The van der Waals surface area contributed by atoms with E-state index in [9.17, 15) is 8.78 Å². The van der Waals surface area contributed by atoms with Gasteiger partial charge in [0, 0.05) is 25.2 Å². The highest BCUT2D eigenvalue weighted by Gasteiger charge is 2.13. The summed E-state index contributed by atoms with van der Waals surface area (Å²) in [5.74, 6) is 0.132. The second kappa shape index (κ2) is 8.84. The minimum absolute atomic E-state index is 0.0516. The standard InChI is InChI=1S/C14H22F2N2O2/c1-10(3-2-8-19)18-13(9-17)11-4-6-12(7-5-11)20-14(15)16/h4-7,10,13-14,18-19H,2-3,8-9,17H2,1H3. The zero-order valence-electron chi connectivity index (χ0n) is 11.6. The summed E-state index contributed by atoms with van der Waals surface area (Å²) in [6.45, 7) is -0.229. The van der Waals surface area contributed by atoms with Gasteiger partial charge in [-0.05, 0) is 37.5 Å². The fourth-order valence-electron chi connectivity index (χ4n) is 2.01. The molecule has 0 aliphatic carbocycles. The van der Waals surface area contributed by atoms with E-state index in [1.807, 2.05) is 6.92 Å². The van der Waals surface area contributed by atoms with Gasteiger partial charge >= 0.3 is 6.61 Å². The normalized spacial score (nSPS) is 14.3. The molecule has 4 nitrogen and oxygen atoms in total. The molecule has 0 amide bonds. The largest absolute Gasteiger partial charge is 0.435 e. The molecule has 0 saturated carbocycles. The van der Waals surface area contributed by atoms with E-state index in [0.29, 0.717) is 6.54 Å². The molecule has 4 N–H and O–H groups in total. The molecule has 0 saturated heterocycles. The maximum atomic E-state index is 12.1. The number of aliphatic hydroxyl groups is 1. The average molecular weight is 288 g/mol. The van der Waals surface area contributed by atoms with E-state index >= 15 is 0 Å². The molecule has 0 aliphatic rings. The molecule has 2 unspecified atom stereocenters. The van der Waals surface area contributed by atoms with Crippen LogP contribution in [0.15, 0.2) is 24.3 Å². The molecule has 1 aromatic rings. The third kappa shape index (κ3) is 5.81. The predicted octanol–water partition coefficient (Wildman–Crippen LogP) is 2.04. The predicted molar refractivity (Wildman–Crippen MR) is 73.8 cm³/mol. The summed E-state index contributed by atoms with van der Waals surface area (Å²) in [4.78, 5) is 0. The van der Waals surface area contributed by atoms with Gasteiger partial charge < -0.3 is 20.9 Å². The topological polar surface area (TPSA) is 67.5 Å². The van der Waals surface area contributed by atoms with Gasteiger partial charge in [0.1, 0.15) is 5.75 Å². The van der Waals surface area contributed by atoms with Gasteiger partial charge in [-0.25, -0.2) is 0 Å². The highest BCUT2D eigenvalue weighted by molar-refractivity contribution is 5.29. The first-order chi connectivity index (χ1) is 9.56. The molecule has 1 aromatic carbocycles. The summed E-state index contributed by atoms with van der Waals surface area (Å²) in [5.41, 5.74) is 6.66. The zero-order valence-corrected chi connectivity index (χ0v) is 11.6. The van der Waals surface area contributed by atoms with Crippen molar-refractivity contribution >= 4 is 0 Å². The van der Waals surface area contributed by atoms with Gasteiger partial charge in [0.25, 0.3) is 0 Å². The Morgan fingerprint density at radius 1 is 1.30 bits per heavy atom. The van der Waals surface area contributed by atoms with E-state index in [1.165, 1.54) is 12.1 Å². The van der Waals surface area contributed by atoms with Gasteiger partial charge in [-0.3, -0.25) is 0 Å². The van der Waals surface area contributed by atoms with Crippen LogP contribution >= 0.6 is 0 Å². The lowest BCUT2D eigenvalue weighted by molar-refractivity contribution is -0.0498. The summed E-state index contributed by atoms with van der Waals surface area (Å²) in [6, 6.07) is 6.62. The van der Waals surface area contributed by atoms with Crippen molar-refractivity contribution in [2.75, 3.05) is 13.2 Å². The van der Waals surface area contributed by atoms with Crippen molar-refractivity contribution in [3.05, 3.63) is 29.8 Å². The molecule has 0 heterocycles. The summed E-state index contributed by atoms with van der Waals surface area (Å²) in [7, 11) is 0. The van der Waals surface area contributed by atoms with Gasteiger partial charge in [-0.2, -0.15) is 8.78 Å². The van der Waals surface area contributed by atoms with E-state index in [4.69, 9.17) is 10.8 Å². The van der Waals surface area contributed by atoms with E-state index in [1.54, 1.807) is 12.1 Å². The molecule has 20 heavy (non-hydrogen) atoms. The molecular weight excluding hydrogens is 266 g/mol. The fraction of sp³-hybridized carbons (Fsp3) is 0.571. The Bertz CT molecular complexity index is 374. The first-order valence-electron chi connectivity index (χ1n) is 6.68. The van der Waals surface area contributed by atoms with Crippen LogP contribution in [0.25, 0.3) is 0 Å².